The molecule has 2 heteroatoms. The molecule has 1 aromatic carbocycles. The molecule has 14 heavy (non-hydrogen) atoms. The van der Waals surface area contributed by atoms with Gasteiger partial charge in [0.2, 0.25) is 0 Å². The average molecular weight is 205 g/mol. The summed E-state index contributed by atoms with van der Waals surface area (Å²) in [6.45, 7) is 4.22. The Hall–Kier alpha value is -0.860. The van der Waals surface area contributed by atoms with E-state index in [9.17, 15) is 0 Å². The number of nitrogens with two attached hydrogens (primary N) is 1. The van der Waals surface area contributed by atoms with Gasteiger partial charge in [0.05, 0.1) is 0 Å². The molecule has 2 aromatic rings. The predicted octanol–water partition coefficient (Wildman–Crippen LogP) is 3.10. The monoisotopic (exact) mass is 205 g/mol. The van der Waals surface area contributed by atoms with Gasteiger partial charge in [-0.05, 0) is 42.2 Å². The lowest BCUT2D eigenvalue weighted by Crippen LogP contribution is -2.17. The van der Waals surface area contributed by atoms with Gasteiger partial charge in [-0.25, -0.2) is 0 Å². The van der Waals surface area contributed by atoms with E-state index in [1.807, 2.05) is 11.3 Å². The molecule has 0 radical (unpaired) electrons. The molecule has 2 N–H and O–H groups in total. The summed E-state index contributed by atoms with van der Waals surface area (Å²) in [5, 5.41) is 3.60. The first-order valence-corrected chi connectivity index (χ1v) is 5.77. The van der Waals surface area contributed by atoms with Crippen LogP contribution in [0.1, 0.15) is 18.1 Å². The molecule has 0 amide bonds. The molecule has 1 aromatic heterocycles. The van der Waals surface area contributed by atoms with Crippen LogP contribution in [0.15, 0.2) is 23.6 Å². The quantitative estimate of drug-likeness (QED) is 0.801. The Labute approximate surface area is 88.6 Å². The molecule has 1 heterocycles. The SMILES string of the molecule is Cc1csc2c(CC(C)N)cccc12. The second-order valence-electron chi connectivity index (χ2n) is 3.89. The molecule has 1 nitrogen and oxygen atoms in total. The third-order valence-electron chi connectivity index (χ3n) is 2.42. The highest BCUT2D eigenvalue weighted by Gasteiger charge is 2.06. The molecule has 0 fully saturated rings. The Bertz CT molecular complexity index is 443. The van der Waals surface area contributed by atoms with Gasteiger partial charge >= 0.3 is 0 Å². The smallest absolute Gasteiger partial charge is 0.0378 e. The minimum atomic E-state index is 0.239. The Kier molecular flexibility index (Phi) is 2.57. The number of hydrogen-bond donors (Lipinski definition) is 1. The van der Waals surface area contributed by atoms with Crippen molar-refractivity contribution in [1.82, 2.24) is 0 Å². The molecular weight excluding hydrogens is 190 g/mol. The maximum atomic E-state index is 5.83. The number of hydrogen-bond acceptors (Lipinski definition) is 2. The molecule has 2 rings (SSSR count). The van der Waals surface area contributed by atoms with Gasteiger partial charge in [0, 0.05) is 10.7 Å². The normalized spacial score (nSPS) is 13.4. The molecule has 0 saturated carbocycles. The maximum Gasteiger partial charge on any atom is 0.0378 e. The van der Waals surface area contributed by atoms with Crippen molar-refractivity contribution in [2.75, 3.05) is 0 Å². The highest BCUT2D eigenvalue weighted by Crippen LogP contribution is 2.28. The van der Waals surface area contributed by atoms with Crippen LogP contribution in [0.25, 0.3) is 10.1 Å². The van der Waals surface area contributed by atoms with E-state index in [-0.39, 0.29) is 6.04 Å². The van der Waals surface area contributed by atoms with Gasteiger partial charge in [0.1, 0.15) is 0 Å². The van der Waals surface area contributed by atoms with E-state index in [2.05, 4.69) is 37.4 Å². The molecule has 0 saturated heterocycles. The standard InChI is InChI=1S/C12H15NS/c1-8-7-14-12-10(6-9(2)13)4-3-5-11(8)12/h3-5,7,9H,6,13H2,1-2H3. The van der Waals surface area contributed by atoms with Gasteiger partial charge in [-0.3, -0.25) is 0 Å². The van der Waals surface area contributed by atoms with Crippen LogP contribution >= 0.6 is 11.3 Å². The zero-order valence-electron chi connectivity index (χ0n) is 8.58. The lowest BCUT2D eigenvalue weighted by atomic mass is 10.0. The number of rotatable bonds is 2. The molecule has 1 atom stereocenters. The van der Waals surface area contributed by atoms with E-state index in [1.54, 1.807) is 0 Å². The van der Waals surface area contributed by atoms with Crippen LogP contribution in [-0.2, 0) is 6.42 Å². The van der Waals surface area contributed by atoms with Crippen LogP contribution in [0.4, 0.5) is 0 Å². The highest BCUT2D eigenvalue weighted by molar-refractivity contribution is 7.17. The summed E-state index contributed by atoms with van der Waals surface area (Å²) in [4.78, 5) is 0. The maximum absolute atomic E-state index is 5.83. The van der Waals surface area contributed by atoms with Gasteiger partial charge in [-0.15, -0.1) is 11.3 Å². The van der Waals surface area contributed by atoms with Crippen molar-refractivity contribution in [2.45, 2.75) is 26.3 Å². The summed E-state index contributed by atoms with van der Waals surface area (Å²) in [6, 6.07) is 6.73. The van der Waals surface area contributed by atoms with E-state index < -0.39 is 0 Å². The van der Waals surface area contributed by atoms with Crippen LogP contribution < -0.4 is 5.73 Å². The summed E-state index contributed by atoms with van der Waals surface area (Å²) in [5.74, 6) is 0. The molecule has 74 valence electrons. The molecule has 0 aliphatic heterocycles. The van der Waals surface area contributed by atoms with E-state index in [4.69, 9.17) is 5.73 Å². The first-order chi connectivity index (χ1) is 6.68. The zero-order chi connectivity index (χ0) is 10.1. The topological polar surface area (TPSA) is 26.0 Å². The molecule has 0 aliphatic rings. The van der Waals surface area contributed by atoms with Gasteiger partial charge in [-0.1, -0.05) is 18.2 Å². The first kappa shape index (κ1) is 9.69. The van der Waals surface area contributed by atoms with Gasteiger partial charge in [-0.2, -0.15) is 0 Å². The molecular formula is C12H15NS. The van der Waals surface area contributed by atoms with E-state index in [0.29, 0.717) is 0 Å². The average Bonchev–Trinajstić information content (AvgIpc) is 2.49. The summed E-state index contributed by atoms with van der Waals surface area (Å²) in [5.41, 5.74) is 8.58. The van der Waals surface area contributed by atoms with Crippen LogP contribution in [0.2, 0.25) is 0 Å². The van der Waals surface area contributed by atoms with Crippen molar-refractivity contribution in [3.8, 4) is 0 Å². The lowest BCUT2D eigenvalue weighted by molar-refractivity contribution is 0.742. The molecule has 1 unspecified atom stereocenters. The summed E-state index contributed by atoms with van der Waals surface area (Å²) >= 11 is 1.83. The Morgan fingerprint density at radius 1 is 1.43 bits per heavy atom. The number of fused-ring (bicyclic) bond motifs is 1. The van der Waals surface area contributed by atoms with Crippen molar-refractivity contribution in [1.29, 1.82) is 0 Å². The molecule has 0 bridgehead atoms. The fourth-order valence-corrected chi connectivity index (χ4v) is 2.83. The number of aryl methyl sites for hydroxylation is 1. The number of thiophene rings is 1. The predicted molar refractivity (Wildman–Crippen MR) is 63.9 cm³/mol. The van der Waals surface area contributed by atoms with Crippen molar-refractivity contribution in [2.24, 2.45) is 5.73 Å². The van der Waals surface area contributed by atoms with Crippen LogP contribution in [0, 0.1) is 6.92 Å². The minimum Gasteiger partial charge on any atom is -0.328 e. The molecule has 0 spiro atoms. The second kappa shape index (κ2) is 3.71. The summed E-state index contributed by atoms with van der Waals surface area (Å²) in [6.07, 6.45) is 0.970. The van der Waals surface area contributed by atoms with Crippen molar-refractivity contribution < 1.29 is 0 Å². The number of benzene rings is 1. The zero-order valence-corrected chi connectivity index (χ0v) is 9.40. The Morgan fingerprint density at radius 3 is 2.93 bits per heavy atom. The second-order valence-corrected chi connectivity index (χ2v) is 4.77. The van der Waals surface area contributed by atoms with Crippen molar-refractivity contribution >= 4 is 21.4 Å². The lowest BCUT2D eigenvalue weighted by Gasteiger charge is -2.06. The van der Waals surface area contributed by atoms with Crippen molar-refractivity contribution in [3.63, 3.8) is 0 Å². The summed E-state index contributed by atoms with van der Waals surface area (Å²) < 4.78 is 1.40. The van der Waals surface area contributed by atoms with Crippen LogP contribution in [0.5, 0.6) is 0 Å². The van der Waals surface area contributed by atoms with Crippen LogP contribution in [-0.4, -0.2) is 6.04 Å². The third kappa shape index (κ3) is 1.68. The fraction of sp³-hybridized carbons (Fsp3) is 0.333. The van der Waals surface area contributed by atoms with Gasteiger partial charge < -0.3 is 5.73 Å². The van der Waals surface area contributed by atoms with E-state index >= 15 is 0 Å². The fourth-order valence-electron chi connectivity index (χ4n) is 1.75. The third-order valence-corrected chi connectivity index (χ3v) is 3.61. The first-order valence-electron chi connectivity index (χ1n) is 4.90. The van der Waals surface area contributed by atoms with Gasteiger partial charge in [0.25, 0.3) is 0 Å². The highest BCUT2D eigenvalue weighted by atomic mass is 32.1. The largest absolute Gasteiger partial charge is 0.328 e. The Balaban J connectivity index is 2.54. The van der Waals surface area contributed by atoms with E-state index in [1.165, 1.54) is 21.2 Å². The van der Waals surface area contributed by atoms with E-state index in [0.717, 1.165) is 6.42 Å². The van der Waals surface area contributed by atoms with Crippen molar-refractivity contribution in [3.05, 3.63) is 34.7 Å². The summed E-state index contributed by atoms with van der Waals surface area (Å²) in [7, 11) is 0. The van der Waals surface area contributed by atoms with Crippen LogP contribution in [0.3, 0.4) is 0 Å². The Morgan fingerprint density at radius 2 is 2.21 bits per heavy atom. The van der Waals surface area contributed by atoms with Gasteiger partial charge in [0.15, 0.2) is 0 Å². The minimum absolute atomic E-state index is 0.239. The molecule has 0 aliphatic carbocycles.